The van der Waals surface area contributed by atoms with Crippen LogP contribution in [0.15, 0.2) is 157 Å². The topological polar surface area (TPSA) is 37.4 Å². The van der Waals surface area contributed by atoms with Gasteiger partial charge in [-0.05, 0) is 98.6 Å². The second-order valence-corrected chi connectivity index (χ2v) is 12.2. The molecule has 0 radical (unpaired) electrons. The molecule has 0 heterocycles. The van der Waals surface area contributed by atoms with E-state index in [0.29, 0.717) is 16.5 Å². The number of fused-ring (bicyclic) bond motifs is 5. The molecule has 0 saturated heterocycles. The molecule has 0 aliphatic heterocycles. The molecular formula is C44H26FNO2. The quantitative estimate of drug-likeness (QED) is 0.145. The van der Waals surface area contributed by atoms with Crippen molar-refractivity contribution in [2.75, 3.05) is 4.90 Å². The molecule has 0 bridgehead atoms. The van der Waals surface area contributed by atoms with Crippen LogP contribution in [0.2, 0.25) is 0 Å². The minimum absolute atomic E-state index is 0.182. The highest BCUT2D eigenvalue weighted by Gasteiger charge is 2.33. The van der Waals surface area contributed by atoms with Crippen molar-refractivity contribution < 1.29 is 14.0 Å². The summed E-state index contributed by atoms with van der Waals surface area (Å²) in [6.45, 7) is 0. The largest absolute Gasteiger partial charge is 0.310 e. The second-order valence-electron chi connectivity index (χ2n) is 12.2. The van der Waals surface area contributed by atoms with E-state index in [4.69, 9.17) is 0 Å². The molecule has 4 heteroatoms. The number of carbonyl (C=O) groups excluding carboxylic acids is 2. The first-order valence-corrected chi connectivity index (χ1v) is 15.9. The predicted molar refractivity (Wildman–Crippen MR) is 194 cm³/mol. The van der Waals surface area contributed by atoms with Gasteiger partial charge >= 0.3 is 0 Å². The van der Waals surface area contributed by atoms with Crippen molar-refractivity contribution in [1.29, 1.82) is 0 Å². The Kier molecular flexibility index (Phi) is 6.31. The van der Waals surface area contributed by atoms with E-state index in [-0.39, 0.29) is 23.0 Å². The molecular weight excluding hydrogens is 593 g/mol. The van der Waals surface area contributed by atoms with Crippen LogP contribution in [0, 0.1) is 5.82 Å². The molecule has 3 nitrogen and oxygen atoms in total. The van der Waals surface area contributed by atoms with Gasteiger partial charge in [-0.15, -0.1) is 0 Å². The molecule has 9 rings (SSSR count). The van der Waals surface area contributed by atoms with Gasteiger partial charge in [0, 0.05) is 33.3 Å². The van der Waals surface area contributed by atoms with Crippen molar-refractivity contribution in [2.24, 2.45) is 0 Å². The Morgan fingerprint density at radius 3 is 1.67 bits per heavy atom. The third-order valence-electron chi connectivity index (χ3n) is 9.36. The molecule has 0 spiro atoms. The van der Waals surface area contributed by atoms with Crippen LogP contribution in [0.3, 0.4) is 0 Å². The van der Waals surface area contributed by atoms with Crippen molar-refractivity contribution in [3.05, 3.63) is 180 Å². The van der Waals surface area contributed by atoms with E-state index in [9.17, 15) is 14.0 Å². The highest BCUT2D eigenvalue weighted by atomic mass is 19.1. The summed E-state index contributed by atoms with van der Waals surface area (Å²) in [5.41, 5.74) is 4.62. The van der Waals surface area contributed by atoms with Gasteiger partial charge in [0.2, 0.25) is 0 Å². The van der Waals surface area contributed by atoms with Crippen LogP contribution in [-0.2, 0) is 0 Å². The van der Waals surface area contributed by atoms with E-state index in [0.717, 1.165) is 60.3 Å². The van der Waals surface area contributed by atoms with Crippen LogP contribution in [0.5, 0.6) is 0 Å². The molecule has 48 heavy (non-hydrogen) atoms. The average molecular weight is 620 g/mol. The lowest BCUT2D eigenvalue weighted by Gasteiger charge is -2.27. The number of Topliss-reactive ketones (excluding diaryl/α,β-unsaturated/α-hetero) is 2. The lowest BCUT2D eigenvalue weighted by Crippen LogP contribution is -2.10. The number of ketones is 2. The fourth-order valence-electron chi connectivity index (χ4n) is 6.98. The SMILES string of the molecule is O=C1C(=Cc2ccc3cc(N(c4ccc5ccccc5c4)c4cccc5c(F)cccc45)ccc3c2)C(=O)c2cc3ccccc3cc21. The number of halogens is 1. The van der Waals surface area contributed by atoms with Crippen LogP contribution in [0.1, 0.15) is 26.3 Å². The Balaban J connectivity index is 1.14. The molecule has 0 N–H and O–H groups in total. The molecule has 1 aliphatic rings. The smallest absolute Gasteiger partial charge is 0.197 e. The maximum absolute atomic E-state index is 15.0. The molecule has 1 aliphatic carbocycles. The Labute approximate surface area is 275 Å². The molecule has 0 saturated carbocycles. The fraction of sp³-hybridized carbons (Fsp3) is 0. The maximum atomic E-state index is 15.0. The summed E-state index contributed by atoms with van der Waals surface area (Å²) in [5.74, 6) is -0.744. The highest BCUT2D eigenvalue weighted by Crippen LogP contribution is 2.41. The Morgan fingerprint density at radius 1 is 0.458 bits per heavy atom. The summed E-state index contributed by atoms with van der Waals surface area (Å²) >= 11 is 0. The van der Waals surface area contributed by atoms with Gasteiger partial charge < -0.3 is 4.90 Å². The van der Waals surface area contributed by atoms with Crippen molar-refractivity contribution >= 4 is 77.8 Å². The maximum Gasteiger partial charge on any atom is 0.197 e. The Bertz CT molecular complexity index is 2630. The van der Waals surface area contributed by atoms with Crippen LogP contribution in [0.25, 0.3) is 49.2 Å². The van der Waals surface area contributed by atoms with Gasteiger partial charge in [-0.3, -0.25) is 9.59 Å². The highest BCUT2D eigenvalue weighted by molar-refractivity contribution is 6.42. The molecule has 0 unspecified atom stereocenters. The van der Waals surface area contributed by atoms with Crippen LogP contribution >= 0.6 is 0 Å². The summed E-state index contributed by atoms with van der Waals surface area (Å²) in [4.78, 5) is 28.9. The number of allylic oxidation sites excluding steroid dienone is 1. The van der Waals surface area contributed by atoms with Crippen molar-refractivity contribution in [2.45, 2.75) is 0 Å². The number of benzene rings is 8. The van der Waals surface area contributed by atoms with Crippen molar-refractivity contribution in [3.63, 3.8) is 0 Å². The van der Waals surface area contributed by atoms with E-state index in [1.807, 2.05) is 97.1 Å². The lowest BCUT2D eigenvalue weighted by molar-refractivity contribution is 0.0990. The van der Waals surface area contributed by atoms with Gasteiger partial charge in [-0.1, -0.05) is 97.1 Å². The van der Waals surface area contributed by atoms with E-state index in [1.54, 1.807) is 12.1 Å². The molecule has 0 fully saturated rings. The summed E-state index contributed by atoms with van der Waals surface area (Å²) in [5, 5.41) is 7.45. The number of hydrogen-bond acceptors (Lipinski definition) is 3. The zero-order valence-electron chi connectivity index (χ0n) is 25.7. The van der Waals surface area contributed by atoms with Gasteiger partial charge in [0.15, 0.2) is 11.6 Å². The molecule has 0 aromatic heterocycles. The van der Waals surface area contributed by atoms with Crippen LogP contribution in [0.4, 0.5) is 21.5 Å². The number of hydrogen-bond donors (Lipinski definition) is 0. The zero-order valence-corrected chi connectivity index (χ0v) is 25.7. The van der Waals surface area contributed by atoms with E-state index >= 15 is 0 Å². The fourth-order valence-corrected chi connectivity index (χ4v) is 6.98. The van der Waals surface area contributed by atoms with Gasteiger partial charge in [0.1, 0.15) is 5.82 Å². The lowest BCUT2D eigenvalue weighted by atomic mass is 10.0. The Hall–Kier alpha value is -6.39. The summed E-state index contributed by atoms with van der Waals surface area (Å²) in [6, 6.07) is 49.1. The molecule has 8 aromatic rings. The normalized spacial score (nSPS) is 12.7. The summed E-state index contributed by atoms with van der Waals surface area (Å²) in [6.07, 6.45) is 1.70. The number of anilines is 3. The third-order valence-corrected chi connectivity index (χ3v) is 9.36. The first-order chi connectivity index (χ1) is 23.5. The summed E-state index contributed by atoms with van der Waals surface area (Å²) < 4.78 is 15.0. The van der Waals surface area contributed by atoms with E-state index in [1.165, 1.54) is 6.07 Å². The van der Waals surface area contributed by atoms with Gasteiger partial charge in [-0.2, -0.15) is 0 Å². The monoisotopic (exact) mass is 619 g/mol. The van der Waals surface area contributed by atoms with Crippen molar-refractivity contribution in [1.82, 2.24) is 0 Å². The number of carbonyl (C=O) groups is 2. The third kappa shape index (κ3) is 4.50. The molecule has 0 amide bonds. The minimum Gasteiger partial charge on any atom is -0.310 e. The second kappa shape index (κ2) is 10.9. The van der Waals surface area contributed by atoms with Gasteiger partial charge in [0.05, 0.1) is 11.3 Å². The van der Waals surface area contributed by atoms with Gasteiger partial charge in [-0.25, -0.2) is 4.39 Å². The standard InChI is InChI=1S/C44H26FNO2/c45-41-13-5-12-37-36(41)11-6-14-42(37)46(34-19-17-28-7-1-2-8-29(28)23-34)35-20-18-32-21-27(15-16-33(32)24-35)22-40-43(47)38-25-30-9-3-4-10-31(30)26-39(38)44(40)48/h1-26H. The number of rotatable bonds is 4. The predicted octanol–water partition coefficient (Wildman–Crippen LogP) is 11.4. The first kappa shape index (κ1) is 27.9. The van der Waals surface area contributed by atoms with Gasteiger partial charge in [0.25, 0.3) is 0 Å². The van der Waals surface area contributed by atoms with Crippen LogP contribution in [-0.4, -0.2) is 11.6 Å². The average Bonchev–Trinajstić information content (AvgIpc) is 3.34. The Morgan fingerprint density at radius 2 is 0.979 bits per heavy atom. The minimum atomic E-state index is -0.261. The van der Waals surface area contributed by atoms with E-state index in [2.05, 4.69) is 47.4 Å². The zero-order chi connectivity index (χ0) is 32.4. The molecule has 8 aromatic carbocycles. The van der Waals surface area contributed by atoms with Crippen molar-refractivity contribution in [3.8, 4) is 0 Å². The van der Waals surface area contributed by atoms with E-state index < -0.39 is 0 Å². The van der Waals surface area contributed by atoms with Crippen LogP contribution < -0.4 is 4.90 Å². The molecule has 226 valence electrons. The first-order valence-electron chi connectivity index (χ1n) is 15.9. The molecule has 0 atom stereocenters. The number of nitrogens with zero attached hydrogens (tertiary/aromatic N) is 1. The summed E-state index contributed by atoms with van der Waals surface area (Å²) in [7, 11) is 0.